The van der Waals surface area contributed by atoms with Gasteiger partial charge in [0.1, 0.15) is 5.82 Å². The number of aromatic nitrogens is 1. The number of rotatable bonds is 3. The zero-order chi connectivity index (χ0) is 12.4. The van der Waals surface area contributed by atoms with Gasteiger partial charge in [0.25, 0.3) is 0 Å². The summed E-state index contributed by atoms with van der Waals surface area (Å²) in [6.07, 6.45) is 0. The summed E-state index contributed by atoms with van der Waals surface area (Å²) >= 11 is 1.03. The Hall–Kier alpha value is -1.75. The van der Waals surface area contributed by atoms with Crippen molar-refractivity contribution in [2.75, 3.05) is 0 Å². The van der Waals surface area contributed by atoms with Crippen LogP contribution in [-0.4, -0.2) is 10.4 Å². The fraction of sp³-hybridized carbons (Fsp3) is 0.167. The molecule has 2 aromatic rings. The first-order valence-corrected chi connectivity index (χ1v) is 5.90. The number of hydrogen-bond donors (Lipinski definition) is 0. The number of ketones is 1. The Morgan fingerprint density at radius 3 is 2.71 bits per heavy atom. The van der Waals surface area contributed by atoms with E-state index in [0.717, 1.165) is 11.3 Å². The second-order valence-corrected chi connectivity index (χ2v) is 4.45. The van der Waals surface area contributed by atoms with E-state index in [2.05, 4.69) is 0 Å². The molecule has 1 aromatic carbocycles. The first-order chi connectivity index (χ1) is 8.09. The molecule has 1 heterocycles. The van der Waals surface area contributed by atoms with Crippen molar-refractivity contribution in [2.45, 2.75) is 13.5 Å². The van der Waals surface area contributed by atoms with Crippen LogP contribution in [0.25, 0.3) is 0 Å². The van der Waals surface area contributed by atoms with Crippen molar-refractivity contribution in [2.24, 2.45) is 0 Å². The van der Waals surface area contributed by atoms with Crippen LogP contribution in [-0.2, 0) is 6.54 Å². The van der Waals surface area contributed by atoms with Gasteiger partial charge in [0.2, 0.25) is 0 Å². The summed E-state index contributed by atoms with van der Waals surface area (Å²) < 4.78 is 14.7. The Morgan fingerprint density at radius 2 is 2.12 bits per heavy atom. The smallest absolute Gasteiger partial charge is 0.296 e. The number of aryl methyl sites for hydroxylation is 1. The van der Waals surface area contributed by atoms with Crippen molar-refractivity contribution in [3.63, 3.8) is 0 Å². The molecule has 0 bridgehead atoms. The molecule has 2 rings (SSSR count). The molecule has 0 radical (unpaired) electrons. The van der Waals surface area contributed by atoms with Crippen LogP contribution in [0.5, 0.6) is 0 Å². The van der Waals surface area contributed by atoms with Crippen LogP contribution in [0.15, 0.2) is 34.4 Å². The maximum Gasteiger partial charge on any atom is 0.307 e. The molecule has 0 aliphatic carbocycles. The van der Waals surface area contributed by atoms with E-state index in [1.165, 1.54) is 22.8 Å². The SMILES string of the molecule is Cc1csc(=O)n1CC(=O)c1ccccc1F. The maximum atomic E-state index is 13.4. The molecule has 0 saturated carbocycles. The second kappa shape index (κ2) is 4.63. The third kappa shape index (κ3) is 2.34. The number of benzene rings is 1. The molecule has 0 atom stereocenters. The first kappa shape index (κ1) is 11.7. The van der Waals surface area contributed by atoms with Gasteiger partial charge in [-0.2, -0.15) is 0 Å². The van der Waals surface area contributed by atoms with Crippen LogP contribution >= 0.6 is 11.3 Å². The molecular formula is C12H10FNO2S. The first-order valence-electron chi connectivity index (χ1n) is 5.02. The molecule has 0 amide bonds. The lowest BCUT2D eigenvalue weighted by Gasteiger charge is -2.04. The predicted molar refractivity (Wildman–Crippen MR) is 64.0 cm³/mol. The predicted octanol–water partition coefficient (Wildman–Crippen LogP) is 2.24. The van der Waals surface area contributed by atoms with Crippen LogP contribution in [0.3, 0.4) is 0 Å². The molecule has 1 aromatic heterocycles. The maximum absolute atomic E-state index is 13.4. The van der Waals surface area contributed by atoms with Crippen molar-refractivity contribution in [3.05, 3.63) is 56.4 Å². The van der Waals surface area contributed by atoms with Gasteiger partial charge < -0.3 is 0 Å². The van der Waals surface area contributed by atoms with E-state index in [1.807, 2.05) is 0 Å². The summed E-state index contributed by atoms with van der Waals surface area (Å²) in [4.78, 5) is 23.1. The average molecular weight is 251 g/mol. The van der Waals surface area contributed by atoms with Gasteiger partial charge >= 0.3 is 4.87 Å². The van der Waals surface area contributed by atoms with Gasteiger partial charge in [0.15, 0.2) is 5.78 Å². The Labute approximate surface area is 101 Å². The highest BCUT2D eigenvalue weighted by Crippen LogP contribution is 2.09. The molecule has 0 saturated heterocycles. The van der Waals surface area contributed by atoms with E-state index in [1.54, 1.807) is 18.4 Å². The Bertz CT molecular complexity index is 615. The fourth-order valence-corrected chi connectivity index (χ4v) is 2.25. The van der Waals surface area contributed by atoms with Crippen molar-refractivity contribution < 1.29 is 9.18 Å². The standard InChI is InChI=1S/C12H10FNO2S/c1-8-7-17-12(16)14(8)6-11(15)9-4-2-3-5-10(9)13/h2-5,7H,6H2,1H3. The van der Waals surface area contributed by atoms with Gasteiger partial charge in [-0.1, -0.05) is 23.5 Å². The Morgan fingerprint density at radius 1 is 1.41 bits per heavy atom. The highest BCUT2D eigenvalue weighted by atomic mass is 32.1. The van der Waals surface area contributed by atoms with E-state index < -0.39 is 11.6 Å². The van der Waals surface area contributed by atoms with Gasteiger partial charge in [0, 0.05) is 11.1 Å². The lowest BCUT2D eigenvalue weighted by atomic mass is 10.1. The fourth-order valence-electron chi connectivity index (χ4n) is 1.51. The van der Waals surface area contributed by atoms with Gasteiger partial charge in [-0.15, -0.1) is 0 Å². The quantitative estimate of drug-likeness (QED) is 0.785. The van der Waals surface area contributed by atoms with Crippen LogP contribution < -0.4 is 4.87 Å². The van der Waals surface area contributed by atoms with Crippen LogP contribution in [0, 0.1) is 12.7 Å². The summed E-state index contributed by atoms with van der Waals surface area (Å²) in [6.45, 7) is 1.63. The van der Waals surface area contributed by atoms with Gasteiger partial charge in [0.05, 0.1) is 12.1 Å². The summed E-state index contributed by atoms with van der Waals surface area (Å²) in [5.41, 5.74) is 0.731. The molecule has 0 spiro atoms. The van der Waals surface area contributed by atoms with Crippen LogP contribution in [0.4, 0.5) is 4.39 Å². The third-order valence-electron chi connectivity index (χ3n) is 2.45. The van der Waals surface area contributed by atoms with Crippen LogP contribution in [0.1, 0.15) is 16.1 Å². The van der Waals surface area contributed by atoms with Crippen molar-refractivity contribution in [3.8, 4) is 0 Å². The number of carbonyl (C=O) groups is 1. The number of thiazole rings is 1. The monoisotopic (exact) mass is 251 g/mol. The van der Waals surface area contributed by atoms with Gasteiger partial charge in [-0.25, -0.2) is 4.39 Å². The minimum absolute atomic E-state index is 0.0185. The molecule has 17 heavy (non-hydrogen) atoms. The molecule has 0 fully saturated rings. The number of carbonyl (C=O) groups excluding carboxylic acids is 1. The Kier molecular flexibility index (Phi) is 3.19. The van der Waals surface area contributed by atoms with Gasteiger partial charge in [-0.3, -0.25) is 14.2 Å². The number of Topliss-reactive ketones (excluding diaryl/α,β-unsaturated/α-hetero) is 1. The summed E-state index contributed by atoms with van der Waals surface area (Å²) in [5.74, 6) is -0.954. The van der Waals surface area contributed by atoms with Gasteiger partial charge in [-0.05, 0) is 19.1 Å². The zero-order valence-corrected chi connectivity index (χ0v) is 9.96. The van der Waals surface area contributed by atoms with E-state index in [-0.39, 0.29) is 17.0 Å². The molecular weight excluding hydrogens is 241 g/mol. The highest BCUT2D eigenvalue weighted by Gasteiger charge is 2.13. The molecule has 0 aliphatic rings. The lowest BCUT2D eigenvalue weighted by Crippen LogP contribution is -2.21. The van der Waals surface area contributed by atoms with Crippen molar-refractivity contribution in [1.82, 2.24) is 4.57 Å². The average Bonchev–Trinajstić information content (AvgIpc) is 2.61. The zero-order valence-electron chi connectivity index (χ0n) is 9.14. The number of nitrogens with zero attached hydrogens (tertiary/aromatic N) is 1. The molecule has 0 N–H and O–H groups in total. The normalized spacial score (nSPS) is 10.5. The number of hydrogen-bond acceptors (Lipinski definition) is 3. The molecule has 3 nitrogen and oxygen atoms in total. The second-order valence-electron chi connectivity index (χ2n) is 3.63. The van der Waals surface area contributed by atoms with E-state index in [4.69, 9.17) is 0 Å². The van der Waals surface area contributed by atoms with E-state index >= 15 is 0 Å². The largest absolute Gasteiger partial charge is 0.307 e. The summed E-state index contributed by atoms with van der Waals surface area (Å²) in [7, 11) is 0. The lowest BCUT2D eigenvalue weighted by molar-refractivity contribution is 0.0966. The summed E-state index contributed by atoms with van der Waals surface area (Å²) in [5, 5.41) is 1.68. The van der Waals surface area contributed by atoms with Crippen molar-refractivity contribution >= 4 is 17.1 Å². The minimum Gasteiger partial charge on any atom is -0.296 e. The molecule has 0 aliphatic heterocycles. The molecule has 5 heteroatoms. The van der Waals surface area contributed by atoms with E-state index in [0.29, 0.717) is 5.69 Å². The molecule has 88 valence electrons. The highest BCUT2D eigenvalue weighted by molar-refractivity contribution is 7.07. The van der Waals surface area contributed by atoms with Crippen LogP contribution in [0.2, 0.25) is 0 Å². The topological polar surface area (TPSA) is 39.1 Å². The van der Waals surface area contributed by atoms with Crippen molar-refractivity contribution in [1.29, 1.82) is 0 Å². The number of halogens is 1. The third-order valence-corrected chi connectivity index (χ3v) is 3.33. The molecule has 0 unspecified atom stereocenters. The van der Waals surface area contributed by atoms with E-state index in [9.17, 15) is 14.0 Å². The minimum atomic E-state index is -0.557. The Balaban J connectivity index is 2.30. The summed E-state index contributed by atoms with van der Waals surface area (Å²) in [6, 6.07) is 5.77.